The average molecular weight is 495 g/mol. The van der Waals surface area contributed by atoms with Gasteiger partial charge in [-0.15, -0.1) is 24.0 Å². The van der Waals surface area contributed by atoms with Crippen LogP contribution in [0.15, 0.2) is 23.2 Å². The van der Waals surface area contributed by atoms with Crippen molar-refractivity contribution >= 4 is 35.6 Å². The normalized spacial score (nSPS) is 23.9. The third-order valence-corrected chi connectivity index (χ3v) is 4.85. The first-order chi connectivity index (χ1) is 12.6. The fourth-order valence-electron chi connectivity index (χ4n) is 3.46. The summed E-state index contributed by atoms with van der Waals surface area (Å²) in [5, 5.41) is 6.62. The molecule has 0 amide bonds. The number of anilines is 1. The molecule has 0 aromatic heterocycles. The summed E-state index contributed by atoms with van der Waals surface area (Å²) < 4.78 is 33.7. The molecule has 2 fully saturated rings. The highest BCUT2D eigenvalue weighted by atomic mass is 127. The number of nitrogens with one attached hydrogen (secondary N) is 2. The Balaban J connectivity index is 0.00000261. The summed E-state index contributed by atoms with van der Waals surface area (Å²) in [4.78, 5) is 8.23. The van der Waals surface area contributed by atoms with Gasteiger partial charge >= 0.3 is 0 Å². The van der Waals surface area contributed by atoms with Crippen LogP contribution in [0, 0.1) is 11.6 Å². The van der Waals surface area contributed by atoms with Gasteiger partial charge in [-0.05, 0) is 25.6 Å². The smallest absolute Gasteiger partial charge is 0.191 e. The van der Waals surface area contributed by atoms with Crippen LogP contribution in [-0.2, 0) is 4.74 Å². The Morgan fingerprint density at radius 1 is 1.26 bits per heavy atom. The molecule has 2 saturated heterocycles. The van der Waals surface area contributed by atoms with Gasteiger partial charge in [-0.3, -0.25) is 4.99 Å². The van der Waals surface area contributed by atoms with Crippen LogP contribution >= 0.6 is 24.0 Å². The highest BCUT2D eigenvalue weighted by molar-refractivity contribution is 14.0. The second kappa shape index (κ2) is 10.4. The molecule has 3 rings (SSSR count). The minimum absolute atomic E-state index is 0. The van der Waals surface area contributed by atoms with Crippen molar-refractivity contribution in [2.75, 3.05) is 58.3 Å². The number of guanidine groups is 1. The van der Waals surface area contributed by atoms with E-state index in [-0.39, 0.29) is 41.8 Å². The molecular weight excluding hydrogens is 467 g/mol. The Labute approximate surface area is 176 Å². The Morgan fingerprint density at radius 2 is 2.00 bits per heavy atom. The van der Waals surface area contributed by atoms with Crippen molar-refractivity contribution in [1.82, 2.24) is 15.5 Å². The molecule has 6 nitrogen and oxygen atoms in total. The second-order valence-corrected chi connectivity index (χ2v) is 6.85. The number of nitrogens with zero attached hydrogens (tertiary/aromatic N) is 3. The highest BCUT2D eigenvalue weighted by Crippen LogP contribution is 2.26. The number of likely N-dealkylation sites (N-methyl/N-ethyl adjacent to an activating group) is 1. The highest BCUT2D eigenvalue weighted by Gasteiger charge is 2.27. The number of hydrogen-bond acceptors (Lipinski definition) is 4. The Kier molecular flexibility index (Phi) is 8.49. The zero-order valence-electron chi connectivity index (χ0n) is 15.8. The lowest BCUT2D eigenvalue weighted by Crippen LogP contribution is -2.50. The third-order valence-electron chi connectivity index (χ3n) is 4.85. The number of para-hydroxylation sites is 1. The van der Waals surface area contributed by atoms with Crippen molar-refractivity contribution in [3.63, 3.8) is 0 Å². The van der Waals surface area contributed by atoms with Gasteiger partial charge in [-0.25, -0.2) is 8.78 Å². The van der Waals surface area contributed by atoms with Crippen molar-refractivity contribution in [1.29, 1.82) is 0 Å². The first kappa shape index (κ1) is 22.1. The van der Waals surface area contributed by atoms with Crippen LogP contribution in [0.1, 0.15) is 6.42 Å². The van der Waals surface area contributed by atoms with E-state index in [4.69, 9.17) is 4.74 Å². The largest absolute Gasteiger partial charge is 0.374 e. The summed E-state index contributed by atoms with van der Waals surface area (Å²) in [6.07, 6.45) is 0.914. The van der Waals surface area contributed by atoms with E-state index in [1.165, 1.54) is 18.2 Å². The standard InChI is InChI=1S/C18H27F2N5O.HI/c1-21-18(22-10-14-12-24(2)8-9-26-14)23-13-6-7-25(11-13)17-15(19)4-3-5-16(17)20;/h3-5,13-14H,6-12H2,1-2H3,(H2,21,22,23);1H. The van der Waals surface area contributed by atoms with E-state index in [0.29, 0.717) is 25.6 Å². The third kappa shape index (κ3) is 5.89. The molecule has 2 aliphatic heterocycles. The lowest BCUT2D eigenvalue weighted by atomic mass is 10.2. The second-order valence-electron chi connectivity index (χ2n) is 6.85. The molecule has 2 heterocycles. The lowest BCUT2D eigenvalue weighted by Gasteiger charge is -2.30. The molecule has 2 aliphatic rings. The number of hydrogen-bond donors (Lipinski definition) is 2. The van der Waals surface area contributed by atoms with E-state index in [0.717, 1.165) is 26.1 Å². The molecule has 0 bridgehead atoms. The number of benzene rings is 1. The quantitative estimate of drug-likeness (QED) is 0.378. The fraction of sp³-hybridized carbons (Fsp3) is 0.611. The summed E-state index contributed by atoms with van der Waals surface area (Å²) in [7, 11) is 3.80. The maximum absolute atomic E-state index is 14.0. The molecule has 2 N–H and O–H groups in total. The summed E-state index contributed by atoms with van der Waals surface area (Å²) in [6.45, 7) is 4.37. The summed E-state index contributed by atoms with van der Waals surface area (Å²) in [5.74, 6) is -0.360. The fourth-order valence-corrected chi connectivity index (χ4v) is 3.46. The Hall–Kier alpha value is -1.20. The monoisotopic (exact) mass is 495 g/mol. The first-order valence-corrected chi connectivity index (χ1v) is 9.03. The van der Waals surface area contributed by atoms with Gasteiger partial charge in [0.05, 0.1) is 12.7 Å². The molecular formula is C18H28F2IN5O. The van der Waals surface area contributed by atoms with Crippen LogP contribution in [0.2, 0.25) is 0 Å². The van der Waals surface area contributed by atoms with E-state index in [9.17, 15) is 8.78 Å². The molecule has 0 aliphatic carbocycles. The molecule has 0 radical (unpaired) electrons. The van der Waals surface area contributed by atoms with E-state index < -0.39 is 11.6 Å². The SMILES string of the molecule is CN=C(NCC1CN(C)CCO1)NC1CCN(c2c(F)cccc2F)C1.I. The van der Waals surface area contributed by atoms with E-state index >= 15 is 0 Å². The number of morpholine rings is 1. The number of aliphatic imine (C=N–C) groups is 1. The van der Waals surface area contributed by atoms with Gasteiger partial charge in [-0.1, -0.05) is 6.07 Å². The van der Waals surface area contributed by atoms with Crippen molar-refractivity contribution in [2.45, 2.75) is 18.6 Å². The van der Waals surface area contributed by atoms with Crippen LogP contribution in [0.25, 0.3) is 0 Å². The average Bonchev–Trinajstić information content (AvgIpc) is 3.06. The molecule has 2 atom stereocenters. The van der Waals surface area contributed by atoms with Gasteiger partial charge in [0.1, 0.15) is 17.3 Å². The molecule has 0 spiro atoms. The maximum Gasteiger partial charge on any atom is 0.191 e. The molecule has 1 aromatic carbocycles. The number of ether oxygens (including phenoxy) is 1. The van der Waals surface area contributed by atoms with Gasteiger partial charge in [0.2, 0.25) is 0 Å². The predicted octanol–water partition coefficient (Wildman–Crippen LogP) is 1.66. The van der Waals surface area contributed by atoms with E-state index in [1.54, 1.807) is 11.9 Å². The van der Waals surface area contributed by atoms with Crippen LogP contribution in [0.4, 0.5) is 14.5 Å². The molecule has 0 saturated carbocycles. The number of rotatable bonds is 4. The minimum atomic E-state index is -0.522. The minimum Gasteiger partial charge on any atom is -0.374 e. The van der Waals surface area contributed by atoms with Crippen LogP contribution in [0.3, 0.4) is 0 Å². The summed E-state index contributed by atoms with van der Waals surface area (Å²) in [5.41, 5.74) is 0.0541. The van der Waals surface area contributed by atoms with Crippen molar-refractivity contribution in [3.8, 4) is 0 Å². The van der Waals surface area contributed by atoms with Gasteiger partial charge in [0, 0.05) is 45.8 Å². The number of halogens is 3. The summed E-state index contributed by atoms with van der Waals surface area (Å²) >= 11 is 0. The Morgan fingerprint density at radius 3 is 2.67 bits per heavy atom. The zero-order valence-corrected chi connectivity index (χ0v) is 18.1. The van der Waals surface area contributed by atoms with Crippen molar-refractivity contribution in [3.05, 3.63) is 29.8 Å². The van der Waals surface area contributed by atoms with Crippen LogP contribution in [-0.4, -0.2) is 76.4 Å². The van der Waals surface area contributed by atoms with Gasteiger partial charge in [0.15, 0.2) is 5.96 Å². The maximum atomic E-state index is 14.0. The van der Waals surface area contributed by atoms with E-state index in [1.807, 2.05) is 0 Å². The first-order valence-electron chi connectivity index (χ1n) is 9.03. The van der Waals surface area contributed by atoms with Crippen LogP contribution < -0.4 is 15.5 Å². The molecule has 27 heavy (non-hydrogen) atoms. The molecule has 9 heteroatoms. The zero-order chi connectivity index (χ0) is 18.5. The van der Waals surface area contributed by atoms with Gasteiger partial charge < -0.3 is 25.2 Å². The molecule has 152 valence electrons. The van der Waals surface area contributed by atoms with Crippen molar-refractivity contribution < 1.29 is 13.5 Å². The topological polar surface area (TPSA) is 52.1 Å². The Bertz CT molecular complexity index is 628. The lowest BCUT2D eigenvalue weighted by molar-refractivity contribution is -0.0161. The van der Waals surface area contributed by atoms with E-state index in [2.05, 4.69) is 27.6 Å². The van der Waals surface area contributed by atoms with Gasteiger partial charge in [-0.2, -0.15) is 0 Å². The predicted molar refractivity (Wildman–Crippen MR) is 114 cm³/mol. The van der Waals surface area contributed by atoms with Crippen LogP contribution in [0.5, 0.6) is 0 Å². The van der Waals surface area contributed by atoms with Crippen molar-refractivity contribution in [2.24, 2.45) is 4.99 Å². The molecule has 1 aromatic rings. The molecule has 2 unspecified atom stereocenters. The summed E-state index contributed by atoms with van der Waals surface area (Å²) in [6, 6.07) is 4.05. The van der Waals surface area contributed by atoms with Gasteiger partial charge in [0.25, 0.3) is 0 Å².